The van der Waals surface area contributed by atoms with Crippen molar-refractivity contribution in [3.63, 3.8) is 0 Å². The van der Waals surface area contributed by atoms with Crippen molar-refractivity contribution in [2.45, 2.75) is 262 Å². The lowest BCUT2D eigenvalue weighted by atomic mass is 9.96. The van der Waals surface area contributed by atoms with Gasteiger partial charge in [0.05, 0.1) is 69.9 Å². The fourth-order valence-corrected chi connectivity index (χ4v) is 18.3. The van der Waals surface area contributed by atoms with Gasteiger partial charge < -0.3 is 158 Å². The summed E-state index contributed by atoms with van der Waals surface area (Å²) in [5, 5.41) is 91.7. The Balaban J connectivity index is 1.50. The number of hydrogen-bond donors (Lipinski definition) is 28. The van der Waals surface area contributed by atoms with Crippen molar-refractivity contribution in [2.24, 2.45) is 46.6 Å². The van der Waals surface area contributed by atoms with Crippen LogP contribution in [0.5, 0.6) is 0 Å². The molecule has 0 saturated carbocycles. The van der Waals surface area contributed by atoms with Gasteiger partial charge in [-0.25, -0.2) is 9.97 Å². The van der Waals surface area contributed by atoms with Crippen LogP contribution in [0.25, 0.3) is 0 Å². The molecular weight excluding hydrogens is 1960 g/mol. The Morgan fingerprint density at radius 1 is 0.476 bits per heavy atom. The van der Waals surface area contributed by atoms with E-state index in [-0.39, 0.29) is 136 Å². The van der Waals surface area contributed by atoms with E-state index < -0.39 is 315 Å². The summed E-state index contributed by atoms with van der Waals surface area (Å²) in [5.41, 5.74) is 23.0. The Kier molecular flexibility index (Phi) is 50.8. The van der Waals surface area contributed by atoms with Crippen LogP contribution >= 0.6 is 35.3 Å². The van der Waals surface area contributed by atoms with E-state index in [1.165, 1.54) is 48.7 Å². The van der Waals surface area contributed by atoms with Gasteiger partial charge in [0.1, 0.15) is 96.7 Å². The van der Waals surface area contributed by atoms with E-state index in [0.717, 1.165) is 45.1 Å². The first-order chi connectivity index (χ1) is 68.7. The lowest BCUT2D eigenvalue weighted by Gasteiger charge is -2.42. The van der Waals surface area contributed by atoms with Crippen LogP contribution in [0.4, 0.5) is 0 Å². The van der Waals surface area contributed by atoms with Crippen molar-refractivity contribution in [2.75, 3.05) is 94.0 Å². The fourth-order valence-electron chi connectivity index (χ4n) is 15.5. The fraction of sp³-hybridized carbons (Fsp3) is 0.682. The number of nitrogens with two attached hydrogens (primary N) is 4. The van der Waals surface area contributed by atoms with E-state index in [9.17, 15) is 87.2 Å². The molecule has 20 amide bonds. The summed E-state index contributed by atoms with van der Waals surface area (Å²) in [7, 11) is 0. The molecule has 0 aliphatic carbocycles. The third-order valence-corrected chi connectivity index (χ3v) is 27.0. The summed E-state index contributed by atoms with van der Waals surface area (Å²) in [5.74, 6) is -24.3. The van der Waals surface area contributed by atoms with E-state index in [1.54, 1.807) is 55.4 Å². The number of imidazole rings is 2. The number of nitrogens with one attached hydrogen (secondary N) is 21. The molecule has 4 bridgehead atoms. The Hall–Kier alpha value is -12.7. The molecule has 54 nitrogen and oxygen atoms in total. The number of H-pyrrole nitrogens is 2. The molecule has 18 atom stereocenters. The van der Waals surface area contributed by atoms with Crippen molar-refractivity contribution >= 4 is 165 Å². The Morgan fingerprint density at radius 3 is 1.33 bits per heavy atom. The van der Waals surface area contributed by atoms with Gasteiger partial charge in [-0.15, -0.1) is 0 Å². The Morgan fingerprint density at radius 2 is 0.876 bits per heavy atom. The van der Waals surface area contributed by atoms with Crippen molar-refractivity contribution in [1.82, 2.24) is 130 Å². The highest BCUT2D eigenvalue weighted by Gasteiger charge is 2.44. The SMILES string of the molecule is CC[C@H](C)[C@@H]1NC(=O)[C@H](CCCNC(=N)N)NC(=O)[C@@H]2CCCN2C(=O)[C@H](CC(C)C)NC(=O)[C@H](CC(C)C)NC(=O)[C@H](CO)NC(=O)[C@H](CO)NC(=O)[C@@H]2CSCCC(=O)N3CN(CN(C3)C(=O)CCSC[C@@H](C(=O)N[C@@H](C)C(N)=O)NC(=O)[C@H](Cc3c[nH]cn3)NC1=O)C(=O)CCSC[C@H](NC(=O)[C@H](C)N)C(=O)N[C@@H](C(C)C)C(=O)N[C@@H](CCCNC(=N)N)C(=O)N[C@@H](CO)C(=O)N[C@@H](Cc1c[nH]cn1)C(=O)N2. The van der Waals surface area contributed by atoms with Gasteiger partial charge in [0.15, 0.2) is 11.9 Å². The number of nitrogens with zero attached hydrogens (tertiary/aromatic N) is 6. The second-order valence-corrected chi connectivity index (χ2v) is 40.4. The molecule has 32 N–H and O–H groups in total. The average Bonchev–Trinajstić information content (AvgIpc) is 1.54. The van der Waals surface area contributed by atoms with E-state index in [1.807, 2.05) is 0 Å². The predicted molar refractivity (Wildman–Crippen MR) is 531 cm³/mol. The molecule has 4 aliphatic heterocycles. The molecule has 6 heterocycles. The van der Waals surface area contributed by atoms with Gasteiger partial charge in [-0.1, -0.05) is 61.8 Å². The number of aliphatic hydroxyl groups excluding tert-OH is 3. The first-order valence-corrected chi connectivity index (χ1v) is 51.6. The number of carbonyl (C=O) groups excluding carboxylic acids is 20. The second kappa shape index (κ2) is 60.9. The highest BCUT2D eigenvalue weighted by Crippen LogP contribution is 2.25. The molecule has 2 aromatic heterocycles. The topological polar surface area (TPSA) is 829 Å². The van der Waals surface area contributed by atoms with Crippen LogP contribution in [0.3, 0.4) is 0 Å². The number of aromatic nitrogens is 4. The third-order valence-electron chi connectivity index (χ3n) is 23.8. The summed E-state index contributed by atoms with van der Waals surface area (Å²) in [6.45, 7) is 10.8. The summed E-state index contributed by atoms with van der Waals surface area (Å²) in [4.78, 5) is 311. The lowest BCUT2D eigenvalue weighted by molar-refractivity contribution is -0.158. The lowest BCUT2D eigenvalue weighted by Crippen LogP contribution is -2.62. The maximum atomic E-state index is 15.1. The van der Waals surface area contributed by atoms with E-state index in [0.29, 0.717) is 0 Å². The van der Waals surface area contributed by atoms with Crippen LogP contribution in [-0.4, -0.2) is 382 Å². The number of aromatic amines is 2. The zero-order valence-electron chi connectivity index (χ0n) is 83.2. The minimum absolute atomic E-state index is 0.00162. The summed E-state index contributed by atoms with van der Waals surface area (Å²) < 4.78 is 0. The maximum absolute atomic E-state index is 15.1. The first-order valence-electron chi connectivity index (χ1n) is 48.1. The molecule has 4 aliphatic rings. The largest absolute Gasteiger partial charge is 0.394 e. The molecule has 0 unspecified atom stereocenters. The Labute approximate surface area is 851 Å². The molecule has 0 spiro atoms. The van der Waals surface area contributed by atoms with Crippen molar-refractivity contribution in [3.8, 4) is 0 Å². The minimum Gasteiger partial charge on any atom is -0.394 e. The smallest absolute Gasteiger partial charge is 0.245 e. The average molecular weight is 2100 g/mol. The minimum atomic E-state index is -2.06. The van der Waals surface area contributed by atoms with Crippen molar-refractivity contribution < 1.29 is 111 Å². The monoisotopic (exact) mass is 2100 g/mol. The molecule has 0 radical (unpaired) electrons. The van der Waals surface area contributed by atoms with Gasteiger partial charge >= 0.3 is 0 Å². The molecule has 57 heteroatoms. The zero-order valence-corrected chi connectivity index (χ0v) is 85.6. The normalized spacial score (nSPS) is 25.8. The number of primary amides is 1. The van der Waals surface area contributed by atoms with Gasteiger partial charge in [0.2, 0.25) is 118 Å². The van der Waals surface area contributed by atoms with Crippen LogP contribution in [-0.2, 0) is 109 Å². The standard InChI is InChI=1S/C88H145N31O23S3/c1-11-47(8)69-85(141)106-56(30-51-32-96-40-100-51)76(132)112-61(80(136)101-49(10)70(90)126)36-143-24-18-65(123)116-41-117-43-118(42-116)67(125)20-26-145-38-63(111-71(127)48(9)89)82(138)114-68(46(6)7)84(140)103-52(15-12-21-97-87(91)92)72(128)108-58(33-120)78(134)105-55(29-50-31-95-39-99-50)75(131)113-62(37-144-25-19-66(117)124)81(137)110-60(35-122)79(135)109-59(34-121)77(133)104-54(27-44(2)3)74(130)107-57(28-45(4)5)86(142)119-23-14-17-64(119)83(139)102-53(73(129)115-69)16-13-22-98-88(93)94/h31-32,39-40,44-49,52-64,68-69,120-122H,11-30,33-38,41-43,89H2,1-10H3,(H2,90,126)(H,95,99)(H,96,100)(H,101,136)(H,102,139)(H,103,140)(H,104,133)(H,105,134)(H,106,141)(H,107,130)(H,108,128)(H,109,135)(H,110,137)(H,111,127)(H,112,132)(H,113,131)(H,114,138)(H,115,129)(H4,91,92,97)(H4,93,94,98)/t47-,48-,49-,52-,53-,54-,55-,56-,57-,58-,59-,60-,61-,62-,63-,64-,68-,69-/m0/s1. The van der Waals surface area contributed by atoms with Gasteiger partial charge in [0, 0.05) is 98.6 Å². The second-order valence-electron chi connectivity index (χ2n) is 36.9. The molecule has 808 valence electrons. The molecule has 6 rings (SSSR count). The molecule has 145 heavy (non-hydrogen) atoms. The molecule has 4 saturated heterocycles. The van der Waals surface area contributed by atoms with E-state index >= 15 is 24.0 Å². The number of guanidine groups is 2. The quantitative estimate of drug-likeness (QED) is 0.0224. The van der Waals surface area contributed by atoms with Crippen molar-refractivity contribution in [3.05, 3.63) is 36.4 Å². The van der Waals surface area contributed by atoms with Gasteiger partial charge in [-0.05, 0) is 88.9 Å². The third kappa shape index (κ3) is 40.0. The van der Waals surface area contributed by atoms with Gasteiger partial charge in [0.25, 0.3) is 0 Å². The Bertz CT molecular complexity index is 4770. The van der Waals surface area contributed by atoms with Crippen LogP contribution < -0.4 is 113 Å². The van der Waals surface area contributed by atoms with Crippen LogP contribution in [0, 0.1) is 34.5 Å². The van der Waals surface area contributed by atoms with Crippen LogP contribution in [0.15, 0.2) is 25.0 Å². The number of carbonyl (C=O) groups is 20. The van der Waals surface area contributed by atoms with Gasteiger partial charge in [-0.3, -0.25) is 107 Å². The number of amides is 20. The number of thioether (sulfide) groups is 3. The summed E-state index contributed by atoms with van der Waals surface area (Å²) >= 11 is 2.75. The van der Waals surface area contributed by atoms with Crippen molar-refractivity contribution in [1.29, 1.82) is 10.8 Å². The summed E-state index contributed by atoms with van der Waals surface area (Å²) in [6, 6.07) is -27.2. The predicted octanol–water partition coefficient (Wildman–Crippen LogP) is -9.90. The molecule has 0 aromatic carbocycles. The van der Waals surface area contributed by atoms with Crippen LogP contribution in [0.2, 0.25) is 0 Å². The maximum Gasteiger partial charge on any atom is 0.245 e. The summed E-state index contributed by atoms with van der Waals surface area (Å²) in [6.07, 6.45) is 3.14. The zero-order chi connectivity index (χ0) is 108. The highest BCUT2D eigenvalue weighted by atomic mass is 32.2. The van der Waals surface area contributed by atoms with E-state index in [2.05, 4.69) is 110 Å². The number of aliphatic hydroxyl groups is 3. The number of fused-ring (bicyclic) bond motifs is 8. The molecule has 2 aromatic rings. The van der Waals surface area contributed by atoms with Gasteiger partial charge in [-0.2, -0.15) is 35.3 Å². The number of rotatable bonds is 27. The molecule has 4 fully saturated rings. The highest BCUT2D eigenvalue weighted by molar-refractivity contribution is 7.99. The van der Waals surface area contributed by atoms with E-state index in [4.69, 9.17) is 33.8 Å². The first kappa shape index (κ1) is 121. The molecular formula is C88H145N31O23S3. The van der Waals surface area contributed by atoms with Crippen LogP contribution in [0.1, 0.15) is 158 Å². The number of hydrogen-bond acceptors (Lipinski definition) is 31.